The summed E-state index contributed by atoms with van der Waals surface area (Å²) in [4.78, 5) is 12.9. The predicted molar refractivity (Wildman–Crippen MR) is 102 cm³/mol. The van der Waals surface area contributed by atoms with Gasteiger partial charge in [0.2, 0.25) is 5.91 Å². The fraction of sp³-hybridized carbons (Fsp3) is 0.556. The fourth-order valence-electron chi connectivity index (χ4n) is 5.39. The molecule has 4 aliphatic rings. The molecule has 4 nitrogen and oxygen atoms in total. The monoisotopic (exact) mass is 453 g/mol. The van der Waals surface area contributed by atoms with Crippen LogP contribution in [0.15, 0.2) is 27.1 Å². The largest absolute Gasteiger partial charge is 0.325 e. The average molecular weight is 455 g/mol. The van der Waals surface area contributed by atoms with Gasteiger partial charge in [-0.3, -0.25) is 15.5 Å². The van der Waals surface area contributed by atoms with Crippen molar-refractivity contribution in [3.05, 3.63) is 27.1 Å². The Morgan fingerprint density at radius 2 is 1.67 bits per heavy atom. The first-order valence-corrected chi connectivity index (χ1v) is 10.1. The van der Waals surface area contributed by atoms with Gasteiger partial charge in [0, 0.05) is 8.95 Å². The van der Waals surface area contributed by atoms with Crippen molar-refractivity contribution >= 4 is 49.4 Å². The summed E-state index contributed by atoms with van der Waals surface area (Å²) in [5.41, 5.74) is 0.539. The third kappa shape index (κ3) is 3.03. The van der Waals surface area contributed by atoms with E-state index in [1.54, 1.807) is 0 Å². The van der Waals surface area contributed by atoms with Crippen molar-refractivity contribution in [3.63, 3.8) is 0 Å². The van der Waals surface area contributed by atoms with Gasteiger partial charge in [0.1, 0.15) is 0 Å². The van der Waals surface area contributed by atoms with Crippen LogP contribution in [0, 0.1) is 28.6 Å². The molecule has 0 aliphatic heterocycles. The normalized spacial score (nSPS) is 33.3. The summed E-state index contributed by atoms with van der Waals surface area (Å²) in [6.07, 6.45) is 6.98. The zero-order chi connectivity index (χ0) is 16.9. The van der Waals surface area contributed by atoms with Gasteiger partial charge < -0.3 is 5.32 Å². The van der Waals surface area contributed by atoms with Crippen LogP contribution < -0.4 is 10.6 Å². The Balaban J connectivity index is 1.44. The van der Waals surface area contributed by atoms with Crippen LogP contribution >= 0.6 is 31.9 Å². The van der Waals surface area contributed by atoms with Crippen LogP contribution in [0.2, 0.25) is 0 Å². The molecule has 128 valence electrons. The molecule has 0 radical (unpaired) electrons. The quantitative estimate of drug-likeness (QED) is 0.439. The minimum absolute atomic E-state index is 0.0465. The summed E-state index contributed by atoms with van der Waals surface area (Å²) in [6.45, 7) is 0. The van der Waals surface area contributed by atoms with E-state index >= 15 is 0 Å². The molecule has 4 saturated carbocycles. The standard InChI is InChI=1S/C18H21Br2N3O/c19-13-1-2-14(20)15(6-13)22-17(21)23-16(24)18-7-10-3-11(8-18)5-12(4-10)9-18/h1-2,6,10-12H,3-5,7-9H2,(H3,21,22,23,24). The number of hydrogen-bond donors (Lipinski definition) is 3. The third-order valence-corrected chi connectivity index (χ3v) is 7.13. The van der Waals surface area contributed by atoms with Gasteiger partial charge in [-0.25, -0.2) is 0 Å². The molecule has 4 bridgehead atoms. The van der Waals surface area contributed by atoms with E-state index in [4.69, 9.17) is 5.41 Å². The highest BCUT2D eigenvalue weighted by atomic mass is 79.9. The van der Waals surface area contributed by atoms with Gasteiger partial charge in [-0.2, -0.15) is 0 Å². The minimum Gasteiger partial charge on any atom is -0.325 e. The number of benzene rings is 1. The summed E-state index contributed by atoms with van der Waals surface area (Å²) < 4.78 is 1.79. The van der Waals surface area contributed by atoms with Gasteiger partial charge in [-0.05, 0) is 90.4 Å². The van der Waals surface area contributed by atoms with Gasteiger partial charge in [0.25, 0.3) is 0 Å². The first-order chi connectivity index (χ1) is 11.4. The van der Waals surface area contributed by atoms with Gasteiger partial charge >= 0.3 is 0 Å². The number of carbonyl (C=O) groups excluding carboxylic acids is 1. The highest BCUT2D eigenvalue weighted by Crippen LogP contribution is 2.60. The van der Waals surface area contributed by atoms with Crippen LogP contribution in [0.25, 0.3) is 0 Å². The topological polar surface area (TPSA) is 65.0 Å². The molecule has 4 fully saturated rings. The van der Waals surface area contributed by atoms with Crippen LogP contribution in [0.5, 0.6) is 0 Å². The van der Waals surface area contributed by atoms with Crippen LogP contribution in [0.4, 0.5) is 5.69 Å². The number of hydrogen-bond acceptors (Lipinski definition) is 2. The lowest BCUT2D eigenvalue weighted by Crippen LogP contribution is -2.55. The van der Waals surface area contributed by atoms with E-state index in [1.165, 1.54) is 19.3 Å². The molecule has 1 aromatic carbocycles. The molecule has 6 heteroatoms. The van der Waals surface area contributed by atoms with Crippen LogP contribution in [-0.2, 0) is 4.79 Å². The number of anilines is 1. The zero-order valence-corrected chi connectivity index (χ0v) is 16.5. The van der Waals surface area contributed by atoms with E-state index < -0.39 is 0 Å². The molecule has 0 unspecified atom stereocenters. The maximum Gasteiger partial charge on any atom is 0.232 e. The molecule has 4 aliphatic carbocycles. The van der Waals surface area contributed by atoms with E-state index in [1.807, 2.05) is 18.2 Å². The van der Waals surface area contributed by atoms with Crippen molar-refractivity contribution in [1.29, 1.82) is 5.41 Å². The number of nitrogens with one attached hydrogen (secondary N) is 3. The number of guanidine groups is 1. The Hall–Kier alpha value is -0.880. The Morgan fingerprint density at radius 3 is 2.25 bits per heavy atom. The second-order valence-corrected chi connectivity index (χ2v) is 9.55. The van der Waals surface area contributed by atoms with E-state index in [0.29, 0.717) is 0 Å². The molecule has 0 heterocycles. The summed E-state index contributed by atoms with van der Waals surface area (Å²) >= 11 is 6.89. The molecule has 5 rings (SSSR count). The summed E-state index contributed by atoms with van der Waals surface area (Å²) in [5, 5.41) is 14.0. The number of rotatable bonds is 2. The number of halogens is 2. The van der Waals surface area contributed by atoms with Crippen molar-refractivity contribution in [2.75, 3.05) is 5.32 Å². The van der Waals surface area contributed by atoms with E-state index in [2.05, 4.69) is 42.5 Å². The molecule has 0 spiro atoms. The number of carbonyl (C=O) groups is 1. The summed E-state index contributed by atoms with van der Waals surface area (Å²) in [6, 6.07) is 5.71. The Labute approximate surface area is 158 Å². The van der Waals surface area contributed by atoms with Gasteiger partial charge in [-0.15, -0.1) is 0 Å². The molecular formula is C18H21Br2N3O. The Morgan fingerprint density at radius 1 is 1.08 bits per heavy atom. The van der Waals surface area contributed by atoms with Gasteiger partial charge in [0.05, 0.1) is 11.1 Å². The molecule has 0 aromatic heterocycles. The molecule has 0 atom stereocenters. The molecule has 3 N–H and O–H groups in total. The highest BCUT2D eigenvalue weighted by Gasteiger charge is 2.54. The SMILES string of the molecule is N=C(NC(=O)C12CC3CC(CC(C3)C1)C2)Nc1cc(Br)ccc1Br. The molecule has 1 aromatic rings. The lowest BCUT2D eigenvalue weighted by molar-refractivity contribution is -0.144. The van der Waals surface area contributed by atoms with Crippen LogP contribution in [0.1, 0.15) is 38.5 Å². The first-order valence-electron chi connectivity index (χ1n) is 8.56. The molecular weight excluding hydrogens is 434 g/mol. The summed E-state index contributed by atoms with van der Waals surface area (Å²) in [5.74, 6) is 2.27. The van der Waals surface area contributed by atoms with Gasteiger partial charge in [-0.1, -0.05) is 15.9 Å². The smallest absolute Gasteiger partial charge is 0.232 e. The van der Waals surface area contributed by atoms with E-state index in [-0.39, 0.29) is 17.3 Å². The second-order valence-electron chi connectivity index (χ2n) is 7.78. The average Bonchev–Trinajstić information content (AvgIpc) is 2.49. The fourth-order valence-corrected chi connectivity index (χ4v) is 6.10. The van der Waals surface area contributed by atoms with Crippen molar-refractivity contribution in [2.45, 2.75) is 38.5 Å². The van der Waals surface area contributed by atoms with Crippen molar-refractivity contribution in [1.82, 2.24) is 5.32 Å². The van der Waals surface area contributed by atoms with E-state index in [0.717, 1.165) is 51.6 Å². The first kappa shape index (κ1) is 16.6. The number of amides is 1. The van der Waals surface area contributed by atoms with Crippen molar-refractivity contribution in [2.24, 2.45) is 23.2 Å². The maximum absolute atomic E-state index is 12.9. The Bertz CT molecular complexity index is 668. The second kappa shape index (κ2) is 6.13. The van der Waals surface area contributed by atoms with Crippen LogP contribution in [-0.4, -0.2) is 11.9 Å². The predicted octanol–water partition coefficient (Wildman–Crippen LogP) is 4.89. The van der Waals surface area contributed by atoms with Crippen LogP contribution in [0.3, 0.4) is 0 Å². The third-order valence-electron chi connectivity index (χ3n) is 5.95. The molecule has 24 heavy (non-hydrogen) atoms. The zero-order valence-electron chi connectivity index (χ0n) is 13.4. The molecule has 0 saturated heterocycles. The highest BCUT2D eigenvalue weighted by molar-refractivity contribution is 9.11. The lowest BCUT2D eigenvalue weighted by Gasteiger charge is -2.55. The van der Waals surface area contributed by atoms with Crippen molar-refractivity contribution in [3.8, 4) is 0 Å². The minimum atomic E-state index is -0.225. The van der Waals surface area contributed by atoms with Crippen molar-refractivity contribution < 1.29 is 4.79 Å². The van der Waals surface area contributed by atoms with E-state index in [9.17, 15) is 4.79 Å². The molecule has 1 amide bonds. The summed E-state index contributed by atoms with van der Waals surface area (Å²) in [7, 11) is 0. The van der Waals surface area contributed by atoms with Gasteiger partial charge in [0.15, 0.2) is 5.96 Å². The lowest BCUT2D eigenvalue weighted by atomic mass is 9.49. The Kier molecular flexibility index (Phi) is 4.23. The maximum atomic E-state index is 12.9.